The third-order valence-electron chi connectivity index (χ3n) is 2.73. The van der Waals surface area contributed by atoms with E-state index in [1.807, 2.05) is 12.1 Å². The summed E-state index contributed by atoms with van der Waals surface area (Å²) < 4.78 is 19.3. The van der Waals surface area contributed by atoms with Crippen LogP contribution in [0.2, 0.25) is 0 Å². The van der Waals surface area contributed by atoms with Crippen LogP contribution in [0, 0.1) is 5.82 Å². The molecule has 0 aliphatic heterocycles. The molecule has 0 aliphatic carbocycles. The first-order valence-electron chi connectivity index (χ1n) is 5.91. The summed E-state index contributed by atoms with van der Waals surface area (Å²) in [4.78, 5) is 0. The predicted molar refractivity (Wildman–Crippen MR) is 75.5 cm³/mol. The van der Waals surface area contributed by atoms with Crippen LogP contribution in [0.15, 0.2) is 46.9 Å². The Morgan fingerprint density at radius 3 is 2.53 bits per heavy atom. The lowest BCUT2D eigenvalue weighted by molar-refractivity contribution is 0.190. The van der Waals surface area contributed by atoms with E-state index in [1.165, 1.54) is 12.1 Å². The highest BCUT2D eigenvalue weighted by Gasteiger charge is 2.10. The second kappa shape index (κ2) is 6.17. The summed E-state index contributed by atoms with van der Waals surface area (Å²) in [6, 6.07) is 11.6. The van der Waals surface area contributed by atoms with Crippen LogP contribution in [0.3, 0.4) is 0 Å². The summed E-state index contributed by atoms with van der Waals surface area (Å²) in [5.74, 6) is 0.361. The molecule has 1 N–H and O–H groups in total. The van der Waals surface area contributed by atoms with Crippen LogP contribution in [-0.4, -0.2) is 5.11 Å². The third-order valence-corrected chi connectivity index (χ3v) is 3.22. The van der Waals surface area contributed by atoms with Crippen molar-refractivity contribution in [1.29, 1.82) is 0 Å². The molecule has 2 nitrogen and oxygen atoms in total. The summed E-state index contributed by atoms with van der Waals surface area (Å²) in [6.07, 6.45) is -0.610. The molecule has 2 aromatic carbocycles. The van der Waals surface area contributed by atoms with E-state index in [1.54, 1.807) is 25.1 Å². The Morgan fingerprint density at radius 2 is 1.89 bits per heavy atom. The Balaban J connectivity index is 2.13. The molecule has 0 saturated carbocycles. The molecule has 0 heterocycles. The van der Waals surface area contributed by atoms with E-state index in [0.29, 0.717) is 12.4 Å². The van der Waals surface area contributed by atoms with Gasteiger partial charge in [-0.05, 0) is 42.8 Å². The number of rotatable bonds is 4. The van der Waals surface area contributed by atoms with Crippen LogP contribution in [0.5, 0.6) is 5.75 Å². The van der Waals surface area contributed by atoms with Gasteiger partial charge < -0.3 is 9.84 Å². The van der Waals surface area contributed by atoms with E-state index < -0.39 is 6.10 Å². The van der Waals surface area contributed by atoms with E-state index in [9.17, 15) is 9.50 Å². The smallest absolute Gasteiger partial charge is 0.125 e. The van der Waals surface area contributed by atoms with Crippen molar-refractivity contribution < 1.29 is 14.2 Å². The molecule has 1 atom stereocenters. The molecule has 0 amide bonds. The maximum absolute atomic E-state index is 12.8. The molecule has 0 spiro atoms. The van der Waals surface area contributed by atoms with E-state index in [-0.39, 0.29) is 5.82 Å². The highest BCUT2D eigenvalue weighted by Crippen LogP contribution is 2.29. The molecule has 100 valence electrons. The maximum Gasteiger partial charge on any atom is 0.125 e. The van der Waals surface area contributed by atoms with Gasteiger partial charge in [-0.25, -0.2) is 4.39 Å². The molecule has 19 heavy (non-hydrogen) atoms. The maximum atomic E-state index is 12.8. The Hall–Kier alpha value is -1.39. The fourth-order valence-corrected chi connectivity index (χ4v) is 2.10. The van der Waals surface area contributed by atoms with Crippen molar-refractivity contribution in [1.82, 2.24) is 0 Å². The first-order chi connectivity index (χ1) is 9.06. The van der Waals surface area contributed by atoms with Gasteiger partial charge in [0.1, 0.15) is 18.2 Å². The number of aliphatic hydroxyl groups excluding tert-OH is 1. The van der Waals surface area contributed by atoms with Crippen molar-refractivity contribution in [3.8, 4) is 5.75 Å². The van der Waals surface area contributed by atoms with Gasteiger partial charge in [0, 0.05) is 10.0 Å². The van der Waals surface area contributed by atoms with Crippen LogP contribution in [-0.2, 0) is 6.61 Å². The molecule has 0 fully saturated rings. The zero-order chi connectivity index (χ0) is 13.8. The molecule has 0 aromatic heterocycles. The standard InChI is InChI=1S/C15H14BrFO2/c1-10(18)14-8-12(16)4-7-15(14)19-9-11-2-5-13(17)6-3-11/h2-8,10,18H,9H2,1H3. The predicted octanol–water partition coefficient (Wildman–Crippen LogP) is 4.22. The first kappa shape index (κ1) is 14.0. The van der Waals surface area contributed by atoms with Crippen molar-refractivity contribution in [2.75, 3.05) is 0 Å². The molecule has 2 aromatic rings. The number of aliphatic hydroxyl groups is 1. The van der Waals surface area contributed by atoms with Gasteiger partial charge in [0.25, 0.3) is 0 Å². The summed E-state index contributed by atoms with van der Waals surface area (Å²) in [5, 5.41) is 9.71. The average Bonchev–Trinajstić information content (AvgIpc) is 2.39. The zero-order valence-corrected chi connectivity index (χ0v) is 12.0. The largest absolute Gasteiger partial charge is 0.489 e. The van der Waals surface area contributed by atoms with Gasteiger partial charge in [0.15, 0.2) is 0 Å². The van der Waals surface area contributed by atoms with Gasteiger partial charge in [0.05, 0.1) is 6.10 Å². The lowest BCUT2D eigenvalue weighted by atomic mass is 10.1. The van der Waals surface area contributed by atoms with Crippen molar-refractivity contribution in [2.45, 2.75) is 19.6 Å². The quantitative estimate of drug-likeness (QED) is 0.912. The Morgan fingerprint density at radius 1 is 1.21 bits per heavy atom. The van der Waals surface area contributed by atoms with E-state index in [4.69, 9.17) is 4.74 Å². The van der Waals surface area contributed by atoms with Gasteiger partial charge >= 0.3 is 0 Å². The molecular formula is C15H14BrFO2. The van der Waals surface area contributed by atoms with Crippen LogP contribution in [0.25, 0.3) is 0 Å². The van der Waals surface area contributed by atoms with E-state index in [0.717, 1.165) is 15.6 Å². The highest BCUT2D eigenvalue weighted by atomic mass is 79.9. The molecule has 1 unspecified atom stereocenters. The van der Waals surface area contributed by atoms with Crippen LogP contribution in [0.4, 0.5) is 4.39 Å². The van der Waals surface area contributed by atoms with E-state index in [2.05, 4.69) is 15.9 Å². The Bertz CT molecular complexity index is 553. The number of halogens is 2. The monoisotopic (exact) mass is 324 g/mol. The number of ether oxygens (including phenoxy) is 1. The van der Waals surface area contributed by atoms with Crippen LogP contribution in [0.1, 0.15) is 24.2 Å². The van der Waals surface area contributed by atoms with Crippen LogP contribution >= 0.6 is 15.9 Å². The Labute approximate surface area is 120 Å². The summed E-state index contributed by atoms with van der Waals surface area (Å²) in [5.41, 5.74) is 1.59. The molecule has 4 heteroatoms. The average molecular weight is 325 g/mol. The lowest BCUT2D eigenvalue weighted by Crippen LogP contribution is -2.01. The minimum absolute atomic E-state index is 0.267. The van der Waals surface area contributed by atoms with Gasteiger partial charge in [-0.1, -0.05) is 28.1 Å². The van der Waals surface area contributed by atoms with Gasteiger partial charge in [-0.15, -0.1) is 0 Å². The Kier molecular flexibility index (Phi) is 4.56. The fourth-order valence-electron chi connectivity index (χ4n) is 1.72. The van der Waals surface area contributed by atoms with Gasteiger partial charge in [-0.3, -0.25) is 0 Å². The van der Waals surface area contributed by atoms with E-state index >= 15 is 0 Å². The summed E-state index contributed by atoms with van der Waals surface area (Å²) in [7, 11) is 0. The first-order valence-corrected chi connectivity index (χ1v) is 6.70. The SMILES string of the molecule is CC(O)c1cc(Br)ccc1OCc1ccc(F)cc1. The molecule has 0 aliphatic rings. The van der Waals surface area contributed by atoms with Crippen LogP contribution < -0.4 is 4.74 Å². The van der Waals surface area contributed by atoms with Crippen molar-refractivity contribution in [3.05, 3.63) is 63.9 Å². The minimum atomic E-state index is -0.610. The third kappa shape index (κ3) is 3.78. The molecule has 0 saturated heterocycles. The second-order valence-corrected chi connectivity index (χ2v) is 5.19. The lowest BCUT2D eigenvalue weighted by Gasteiger charge is -2.14. The summed E-state index contributed by atoms with van der Waals surface area (Å²) in [6.45, 7) is 2.02. The number of hydrogen-bond donors (Lipinski definition) is 1. The van der Waals surface area contributed by atoms with Crippen molar-refractivity contribution >= 4 is 15.9 Å². The fraction of sp³-hybridized carbons (Fsp3) is 0.200. The van der Waals surface area contributed by atoms with Gasteiger partial charge in [0.2, 0.25) is 0 Å². The topological polar surface area (TPSA) is 29.5 Å². The molecule has 0 bridgehead atoms. The molecule has 0 radical (unpaired) electrons. The number of benzene rings is 2. The number of hydrogen-bond acceptors (Lipinski definition) is 2. The van der Waals surface area contributed by atoms with Gasteiger partial charge in [-0.2, -0.15) is 0 Å². The summed E-state index contributed by atoms with van der Waals surface area (Å²) >= 11 is 3.36. The van der Waals surface area contributed by atoms with Crippen molar-refractivity contribution in [2.24, 2.45) is 0 Å². The minimum Gasteiger partial charge on any atom is -0.489 e. The molecule has 2 rings (SSSR count). The molecular weight excluding hydrogens is 311 g/mol. The van der Waals surface area contributed by atoms with Crippen molar-refractivity contribution in [3.63, 3.8) is 0 Å². The normalized spacial score (nSPS) is 12.2. The second-order valence-electron chi connectivity index (χ2n) is 4.27. The highest BCUT2D eigenvalue weighted by molar-refractivity contribution is 9.10. The zero-order valence-electron chi connectivity index (χ0n) is 10.4.